The molecule has 126 valence electrons. The summed E-state index contributed by atoms with van der Waals surface area (Å²) in [6.07, 6.45) is 20.7. The first-order valence-corrected chi connectivity index (χ1v) is 9.43. The van der Waals surface area contributed by atoms with E-state index in [4.69, 9.17) is 5.11 Å². The molecule has 0 saturated carbocycles. The molecule has 0 radical (unpaired) electrons. The highest BCUT2D eigenvalue weighted by atomic mass is 16.3. The van der Waals surface area contributed by atoms with Crippen molar-refractivity contribution in [2.75, 3.05) is 6.61 Å². The fourth-order valence-electron chi connectivity index (χ4n) is 2.77. The van der Waals surface area contributed by atoms with Crippen molar-refractivity contribution >= 4 is 5.78 Å². The third-order valence-corrected chi connectivity index (χ3v) is 4.24. The fraction of sp³-hybridized carbons (Fsp3) is 0.947. The van der Waals surface area contributed by atoms with Crippen LogP contribution in [0.1, 0.15) is 110 Å². The van der Waals surface area contributed by atoms with Crippen molar-refractivity contribution in [1.29, 1.82) is 0 Å². The van der Waals surface area contributed by atoms with Crippen LogP contribution in [0.2, 0.25) is 0 Å². The van der Waals surface area contributed by atoms with Crippen LogP contribution in [0.5, 0.6) is 0 Å². The molecule has 0 bridgehead atoms. The molecule has 0 aliphatic heterocycles. The molecule has 0 fully saturated rings. The van der Waals surface area contributed by atoms with E-state index in [-0.39, 0.29) is 12.4 Å². The molecular formula is C19H38O2. The number of Topliss-reactive ketones (excluding diaryl/α,β-unsaturated/α-hetero) is 1. The first-order chi connectivity index (χ1) is 10.3. The van der Waals surface area contributed by atoms with E-state index in [0.29, 0.717) is 6.42 Å². The number of hydrogen-bond acceptors (Lipinski definition) is 2. The van der Waals surface area contributed by atoms with Gasteiger partial charge in [-0.2, -0.15) is 0 Å². The lowest BCUT2D eigenvalue weighted by Gasteiger charge is -2.03. The molecule has 0 heterocycles. The SMILES string of the molecule is CCCCCCCCCCCCCCCCCC(=O)CO. The van der Waals surface area contributed by atoms with Gasteiger partial charge in [0.05, 0.1) is 0 Å². The molecule has 0 atom stereocenters. The Balaban J connectivity index is 2.98. The Kier molecular flexibility index (Phi) is 17.4. The Bertz CT molecular complexity index is 214. The lowest BCUT2D eigenvalue weighted by molar-refractivity contribution is -0.121. The highest BCUT2D eigenvalue weighted by Gasteiger charge is 1.98. The minimum absolute atomic E-state index is 0.00954. The summed E-state index contributed by atoms with van der Waals surface area (Å²) in [7, 11) is 0. The number of unbranched alkanes of at least 4 members (excludes halogenated alkanes) is 14. The fourth-order valence-corrected chi connectivity index (χ4v) is 2.77. The van der Waals surface area contributed by atoms with Gasteiger partial charge >= 0.3 is 0 Å². The van der Waals surface area contributed by atoms with Crippen LogP contribution in [-0.2, 0) is 4.79 Å². The third kappa shape index (κ3) is 17.6. The van der Waals surface area contributed by atoms with Crippen LogP contribution < -0.4 is 0 Å². The second-order valence-electron chi connectivity index (χ2n) is 6.40. The number of rotatable bonds is 17. The quantitative estimate of drug-likeness (QED) is 0.344. The molecule has 0 aromatic carbocycles. The van der Waals surface area contributed by atoms with Crippen LogP contribution in [0.3, 0.4) is 0 Å². The van der Waals surface area contributed by atoms with E-state index in [2.05, 4.69) is 6.92 Å². The Labute approximate surface area is 132 Å². The van der Waals surface area contributed by atoms with Crippen LogP contribution in [0, 0.1) is 0 Å². The summed E-state index contributed by atoms with van der Waals surface area (Å²) in [5, 5.41) is 8.60. The van der Waals surface area contributed by atoms with Crippen LogP contribution in [0.15, 0.2) is 0 Å². The zero-order valence-electron chi connectivity index (χ0n) is 14.4. The van der Waals surface area contributed by atoms with Gasteiger partial charge in [-0.15, -0.1) is 0 Å². The van der Waals surface area contributed by atoms with Gasteiger partial charge in [0, 0.05) is 6.42 Å². The Hall–Kier alpha value is -0.370. The van der Waals surface area contributed by atoms with Crippen molar-refractivity contribution in [3.63, 3.8) is 0 Å². The van der Waals surface area contributed by atoms with Crippen LogP contribution >= 0.6 is 0 Å². The maximum absolute atomic E-state index is 10.9. The molecule has 0 aromatic heterocycles. The van der Waals surface area contributed by atoms with Crippen LogP contribution in [0.4, 0.5) is 0 Å². The molecule has 0 aliphatic carbocycles. The average Bonchev–Trinajstić information content (AvgIpc) is 2.50. The molecule has 2 heteroatoms. The normalized spacial score (nSPS) is 11.0. The highest BCUT2D eigenvalue weighted by molar-refractivity contribution is 5.79. The molecule has 0 rings (SSSR count). The maximum atomic E-state index is 10.9. The number of carbonyl (C=O) groups is 1. The molecule has 0 spiro atoms. The lowest BCUT2D eigenvalue weighted by Crippen LogP contribution is -2.02. The largest absolute Gasteiger partial charge is 0.389 e. The Morgan fingerprint density at radius 1 is 0.619 bits per heavy atom. The number of aliphatic hydroxyl groups is 1. The second-order valence-corrected chi connectivity index (χ2v) is 6.40. The maximum Gasteiger partial charge on any atom is 0.158 e. The first kappa shape index (κ1) is 20.6. The molecule has 1 N–H and O–H groups in total. The van der Waals surface area contributed by atoms with Gasteiger partial charge in [-0.05, 0) is 6.42 Å². The van der Waals surface area contributed by atoms with Gasteiger partial charge in [0.1, 0.15) is 6.61 Å². The summed E-state index contributed by atoms with van der Waals surface area (Å²) >= 11 is 0. The van der Waals surface area contributed by atoms with Gasteiger partial charge in [0.15, 0.2) is 5.78 Å². The molecule has 0 amide bonds. The third-order valence-electron chi connectivity index (χ3n) is 4.24. The van der Waals surface area contributed by atoms with Crippen molar-refractivity contribution in [1.82, 2.24) is 0 Å². The minimum atomic E-state index is -0.279. The predicted molar refractivity (Wildman–Crippen MR) is 91.6 cm³/mol. The summed E-state index contributed by atoms with van der Waals surface area (Å²) in [6.45, 7) is 1.99. The van der Waals surface area contributed by atoms with Gasteiger partial charge in [-0.1, -0.05) is 96.8 Å². The van der Waals surface area contributed by atoms with Gasteiger partial charge in [0.25, 0.3) is 0 Å². The summed E-state index contributed by atoms with van der Waals surface area (Å²) in [5.41, 5.74) is 0. The van der Waals surface area contributed by atoms with E-state index in [0.717, 1.165) is 12.8 Å². The molecule has 0 unspecified atom stereocenters. The van der Waals surface area contributed by atoms with E-state index >= 15 is 0 Å². The zero-order chi connectivity index (χ0) is 15.6. The number of hydrogen-bond donors (Lipinski definition) is 1. The zero-order valence-corrected chi connectivity index (χ0v) is 14.4. The van der Waals surface area contributed by atoms with Crippen LogP contribution in [-0.4, -0.2) is 17.5 Å². The predicted octanol–water partition coefficient (Wildman–Crippen LogP) is 5.81. The molecule has 0 aliphatic rings. The van der Waals surface area contributed by atoms with Crippen LogP contribution in [0.25, 0.3) is 0 Å². The number of aliphatic hydroxyl groups excluding tert-OH is 1. The van der Waals surface area contributed by atoms with Crippen molar-refractivity contribution in [2.24, 2.45) is 0 Å². The Morgan fingerprint density at radius 3 is 1.29 bits per heavy atom. The van der Waals surface area contributed by atoms with E-state index < -0.39 is 0 Å². The van der Waals surface area contributed by atoms with Crippen molar-refractivity contribution in [2.45, 2.75) is 110 Å². The monoisotopic (exact) mass is 298 g/mol. The smallest absolute Gasteiger partial charge is 0.158 e. The van der Waals surface area contributed by atoms with E-state index in [1.165, 1.54) is 83.5 Å². The second kappa shape index (κ2) is 17.7. The summed E-state index contributed by atoms with van der Waals surface area (Å²) in [4.78, 5) is 10.9. The molecular weight excluding hydrogens is 260 g/mol. The first-order valence-electron chi connectivity index (χ1n) is 9.43. The standard InChI is InChI=1S/C19H38O2/c1-2-3-4-5-6-7-8-9-10-11-12-13-14-15-16-17-19(21)18-20/h20H,2-18H2,1H3. The van der Waals surface area contributed by atoms with Crippen molar-refractivity contribution < 1.29 is 9.90 Å². The van der Waals surface area contributed by atoms with Crippen molar-refractivity contribution in [3.8, 4) is 0 Å². The van der Waals surface area contributed by atoms with E-state index in [1.807, 2.05) is 0 Å². The average molecular weight is 299 g/mol. The number of carbonyl (C=O) groups excluding carboxylic acids is 1. The van der Waals surface area contributed by atoms with Gasteiger partial charge < -0.3 is 5.11 Å². The van der Waals surface area contributed by atoms with Gasteiger partial charge in [0.2, 0.25) is 0 Å². The van der Waals surface area contributed by atoms with Gasteiger partial charge in [-0.25, -0.2) is 0 Å². The topological polar surface area (TPSA) is 37.3 Å². The molecule has 0 saturated heterocycles. The minimum Gasteiger partial charge on any atom is -0.389 e. The summed E-state index contributed by atoms with van der Waals surface area (Å²) in [6, 6.07) is 0. The van der Waals surface area contributed by atoms with E-state index in [9.17, 15) is 4.79 Å². The lowest BCUT2D eigenvalue weighted by atomic mass is 10.0. The molecule has 2 nitrogen and oxygen atoms in total. The highest BCUT2D eigenvalue weighted by Crippen LogP contribution is 2.13. The molecule has 21 heavy (non-hydrogen) atoms. The molecule has 0 aromatic rings. The van der Waals surface area contributed by atoms with E-state index in [1.54, 1.807) is 0 Å². The summed E-state index contributed by atoms with van der Waals surface area (Å²) < 4.78 is 0. The van der Waals surface area contributed by atoms with Gasteiger partial charge in [-0.3, -0.25) is 4.79 Å². The Morgan fingerprint density at radius 2 is 0.952 bits per heavy atom. The van der Waals surface area contributed by atoms with Crippen molar-refractivity contribution in [3.05, 3.63) is 0 Å². The summed E-state index contributed by atoms with van der Waals surface area (Å²) in [5.74, 6) is -0.00954. The number of ketones is 1.